The van der Waals surface area contributed by atoms with Gasteiger partial charge in [0.2, 0.25) is 0 Å². The van der Waals surface area contributed by atoms with Crippen molar-refractivity contribution in [3.63, 3.8) is 0 Å². The van der Waals surface area contributed by atoms with Gasteiger partial charge in [-0.2, -0.15) is 0 Å². The standard InChI is InChI=1S/C12H10BrNS/c13-9-4-6-11(7-5-9)15-12-3-1-2-10(14)8-12/h1-8H,14H2. The predicted molar refractivity (Wildman–Crippen MR) is 69.1 cm³/mol. The lowest BCUT2D eigenvalue weighted by molar-refractivity contribution is 1.40. The van der Waals surface area contributed by atoms with Crippen LogP contribution in [0, 0.1) is 0 Å². The molecule has 1 nitrogen and oxygen atoms in total. The summed E-state index contributed by atoms with van der Waals surface area (Å²) in [6, 6.07) is 16.1. The molecule has 0 aromatic heterocycles. The van der Waals surface area contributed by atoms with E-state index in [0.29, 0.717) is 0 Å². The van der Waals surface area contributed by atoms with Crippen LogP contribution < -0.4 is 5.73 Å². The second kappa shape index (κ2) is 4.73. The molecule has 0 aliphatic heterocycles. The van der Waals surface area contributed by atoms with Gasteiger partial charge in [0.1, 0.15) is 0 Å². The fourth-order valence-corrected chi connectivity index (χ4v) is 2.37. The molecule has 0 radical (unpaired) electrons. The van der Waals surface area contributed by atoms with Crippen molar-refractivity contribution in [3.05, 3.63) is 53.0 Å². The van der Waals surface area contributed by atoms with Gasteiger partial charge in [0.15, 0.2) is 0 Å². The Labute approximate surface area is 102 Å². The molecule has 76 valence electrons. The van der Waals surface area contributed by atoms with E-state index in [-0.39, 0.29) is 0 Å². The maximum atomic E-state index is 5.72. The molecule has 0 atom stereocenters. The van der Waals surface area contributed by atoms with Crippen LogP contribution in [0.2, 0.25) is 0 Å². The topological polar surface area (TPSA) is 26.0 Å². The van der Waals surface area contributed by atoms with E-state index in [0.717, 1.165) is 15.1 Å². The number of benzene rings is 2. The molecule has 0 amide bonds. The smallest absolute Gasteiger partial charge is 0.0325 e. The average molecular weight is 280 g/mol. The molecule has 3 heteroatoms. The van der Waals surface area contributed by atoms with Crippen molar-refractivity contribution >= 4 is 33.4 Å². The van der Waals surface area contributed by atoms with E-state index in [9.17, 15) is 0 Å². The van der Waals surface area contributed by atoms with Crippen molar-refractivity contribution < 1.29 is 0 Å². The third-order valence-electron chi connectivity index (χ3n) is 1.91. The number of hydrogen-bond acceptors (Lipinski definition) is 2. The van der Waals surface area contributed by atoms with E-state index in [1.54, 1.807) is 11.8 Å². The molecule has 0 aliphatic rings. The zero-order valence-corrected chi connectivity index (χ0v) is 10.4. The molecular formula is C12H10BrNS. The molecule has 0 bridgehead atoms. The predicted octanol–water partition coefficient (Wildman–Crippen LogP) is 4.18. The first kappa shape index (κ1) is 10.6. The summed E-state index contributed by atoms with van der Waals surface area (Å²) in [5, 5.41) is 0. The lowest BCUT2D eigenvalue weighted by Gasteiger charge is -2.02. The van der Waals surface area contributed by atoms with Gasteiger partial charge in [-0.25, -0.2) is 0 Å². The van der Waals surface area contributed by atoms with E-state index in [2.05, 4.69) is 34.1 Å². The van der Waals surface area contributed by atoms with Crippen LogP contribution in [0.1, 0.15) is 0 Å². The molecule has 0 fully saturated rings. The van der Waals surface area contributed by atoms with Crippen LogP contribution in [-0.4, -0.2) is 0 Å². The van der Waals surface area contributed by atoms with Crippen molar-refractivity contribution in [2.45, 2.75) is 9.79 Å². The normalized spacial score (nSPS) is 10.2. The first-order valence-electron chi connectivity index (χ1n) is 4.53. The van der Waals surface area contributed by atoms with Gasteiger partial charge in [0.05, 0.1) is 0 Å². The summed E-state index contributed by atoms with van der Waals surface area (Å²) in [7, 11) is 0. The number of anilines is 1. The Bertz CT molecular complexity index is 453. The highest BCUT2D eigenvalue weighted by atomic mass is 79.9. The summed E-state index contributed by atoms with van der Waals surface area (Å²) in [4.78, 5) is 2.38. The lowest BCUT2D eigenvalue weighted by atomic mass is 10.3. The minimum Gasteiger partial charge on any atom is -0.399 e. The van der Waals surface area contributed by atoms with Gasteiger partial charge in [0.25, 0.3) is 0 Å². The lowest BCUT2D eigenvalue weighted by Crippen LogP contribution is -1.83. The summed E-state index contributed by atoms with van der Waals surface area (Å²) in [6.45, 7) is 0. The summed E-state index contributed by atoms with van der Waals surface area (Å²) >= 11 is 5.12. The summed E-state index contributed by atoms with van der Waals surface area (Å²) in [5.41, 5.74) is 6.52. The van der Waals surface area contributed by atoms with Crippen molar-refractivity contribution in [1.29, 1.82) is 0 Å². The Morgan fingerprint density at radius 2 is 1.67 bits per heavy atom. The Morgan fingerprint density at radius 1 is 0.933 bits per heavy atom. The Morgan fingerprint density at radius 3 is 2.33 bits per heavy atom. The first-order valence-corrected chi connectivity index (χ1v) is 6.14. The largest absolute Gasteiger partial charge is 0.399 e. The fourth-order valence-electron chi connectivity index (χ4n) is 1.22. The van der Waals surface area contributed by atoms with Gasteiger partial charge in [-0.1, -0.05) is 33.8 Å². The number of halogens is 1. The van der Waals surface area contributed by atoms with Crippen LogP contribution in [-0.2, 0) is 0 Å². The highest BCUT2D eigenvalue weighted by Gasteiger charge is 1.97. The first-order chi connectivity index (χ1) is 7.24. The summed E-state index contributed by atoms with van der Waals surface area (Å²) in [6.07, 6.45) is 0. The van der Waals surface area contributed by atoms with Crippen LogP contribution in [0.4, 0.5) is 5.69 Å². The number of hydrogen-bond donors (Lipinski definition) is 1. The molecule has 2 N–H and O–H groups in total. The summed E-state index contributed by atoms with van der Waals surface area (Å²) in [5.74, 6) is 0. The van der Waals surface area contributed by atoms with Crippen molar-refractivity contribution in [3.8, 4) is 0 Å². The number of nitrogens with two attached hydrogens (primary N) is 1. The van der Waals surface area contributed by atoms with E-state index in [1.807, 2.05) is 30.3 Å². The second-order valence-electron chi connectivity index (χ2n) is 3.13. The molecule has 0 aliphatic carbocycles. The van der Waals surface area contributed by atoms with Crippen LogP contribution in [0.3, 0.4) is 0 Å². The quantitative estimate of drug-likeness (QED) is 0.835. The highest BCUT2D eigenvalue weighted by molar-refractivity contribution is 9.10. The van der Waals surface area contributed by atoms with Gasteiger partial charge in [0, 0.05) is 20.0 Å². The SMILES string of the molecule is Nc1cccc(Sc2ccc(Br)cc2)c1. The monoisotopic (exact) mass is 279 g/mol. The number of rotatable bonds is 2. The van der Waals surface area contributed by atoms with E-state index >= 15 is 0 Å². The van der Waals surface area contributed by atoms with Crippen LogP contribution in [0.15, 0.2) is 62.8 Å². The highest BCUT2D eigenvalue weighted by Crippen LogP contribution is 2.29. The van der Waals surface area contributed by atoms with Gasteiger partial charge in [-0.3, -0.25) is 0 Å². The van der Waals surface area contributed by atoms with Gasteiger partial charge < -0.3 is 5.73 Å². The zero-order valence-electron chi connectivity index (χ0n) is 7.98. The third kappa shape index (κ3) is 3.01. The molecule has 15 heavy (non-hydrogen) atoms. The maximum absolute atomic E-state index is 5.72. The molecule has 2 aromatic carbocycles. The van der Waals surface area contributed by atoms with E-state index < -0.39 is 0 Å². The van der Waals surface area contributed by atoms with Gasteiger partial charge in [-0.15, -0.1) is 0 Å². The third-order valence-corrected chi connectivity index (χ3v) is 3.43. The molecule has 0 saturated carbocycles. The minimum atomic E-state index is 0.803. The molecule has 2 rings (SSSR count). The van der Waals surface area contributed by atoms with Crippen molar-refractivity contribution in [1.82, 2.24) is 0 Å². The van der Waals surface area contributed by atoms with Gasteiger partial charge in [-0.05, 0) is 42.5 Å². The average Bonchev–Trinajstić information content (AvgIpc) is 2.22. The molecular weight excluding hydrogens is 270 g/mol. The Kier molecular flexibility index (Phi) is 3.34. The maximum Gasteiger partial charge on any atom is 0.0325 e. The van der Waals surface area contributed by atoms with Crippen LogP contribution >= 0.6 is 27.7 Å². The minimum absolute atomic E-state index is 0.803. The summed E-state index contributed by atoms with van der Waals surface area (Å²) < 4.78 is 1.10. The van der Waals surface area contributed by atoms with E-state index in [4.69, 9.17) is 5.73 Å². The zero-order chi connectivity index (χ0) is 10.7. The second-order valence-corrected chi connectivity index (χ2v) is 5.19. The molecule has 2 aromatic rings. The molecule has 0 saturated heterocycles. The fraction of sp³-hybridized carbons (Fsp3) is 0. The van der Waals surface area contributed by atoms with Crippen LogP contribution in [0.25, 0.3) is 0 Å². The van der Waals surface area contributed by atoms with Gasteiger partial charge >= 0.3 is 0 Å². The Balaban J connectivity index is 2.18. The van der Waals surface area contributed by atoms with Crippen molar-refractivity contribution in [2.24, 2.45) is 0 Å². The molecule has 0 spiro atoms. The van der Waals surface area contributed by atoms with Crippen molar-refractivity contribution in [2.75, 3.05) is 5.73 Å². The van der Waals surface area contributed by atoms with Crippen LogP contribution in [0.5, 0.6) is 0 Å². The Hall–Kier alpha value is -0.930. The van der Waals surface area contributed by atoms with E-state index in [1.165, 1.54) is 4.90 Å². The number of nitrogen functional groups attached to an aromatic ring is 1. The molecule has 0 heterocycles. The molecule has 0 unspecified atom stereocenters.